The fraction of sp³-hybridized carbons (Fsp3) is 0.643. The van der Waals surface area contributed by atoms with E-state index in [0.717, 1.165) is 12.0 Å². The molecule has 1 aromatic heterocycles. The Morgan fingerprint density at radius 1 is 1.50 bits per heavy atom. The van der Waals surface area contributed by atoms with Gasteiger partial charge in [-0.1, -0.05) is 13.8 Å². The standard InChI is InChI=1S/C14H22N2O2S2/c1-4-14(3)13(17)16(7-9-20(18)5-2)12(15-14)11-6-8-19-10-11/h6,8,10,12,15H,4-5,7,9H2,1-3H3. The SMILES string of the molecule is CCS(=O)CCN1C(=O)C(C)(CC)NC1c1ccsc1. The highest BCUT2D eigenvalue weighted by atomic mass is 32.2. The minimum absolute atomic E-state index is 0.0902. The van der Waals surface area contributed by atoms with E-state index in [-0.39, 0.29) is 12.1 Å². The summed E-state index contributed by atoms with van der Waals surface area (Å²) in [5.41, 5.74) is 0.600. The molecule has 1 N–H and O–H groups in total. The van der Waals surface area contributed by atoms with E-state index in [9.17, 15) is 9.00 Å². The Labute approximate surface area is 127 Å². The van der Waals surface area contributed by atoms with Crippen LogP contribution in [-0.4, -0.2) is 38.6 Å². The number of carbonyl (C=O) groups excluding carboxylic acids is 1. The summed E-state index contributed by atoms with van der Waals surface area (Å²) < 4.78 is 11.7. The molecule has 0 aromatic carbocycles. The molecule has 1 aliphatic rings. The van der Waals surface area contributed by atoms with Crippen molar-refractivity contribution in [1.29, 1.82) is 0 Å². The summed E-state index contributed by atoms with van der Waals surface area (Å²) in [6.45, 7) is 6.42. The average Bonchev–Trinajstić information content (AvgIpc) is 3.06. The first kappa shape index (κ1) is 15.7. The van der Waals surface area contributed by atoms with E-state index >= 15 is 0 Å². The Morgan fingerprint density at radius 3 is 2.80 bits per heavy atom. The van der Waals surface area contributed by atoms with Crippen LogP contribution in [-0.2, 0) is 15.6 Å². The monoisotopic (exact) mass is 314 g/mol. The van der Waals surface area contributed by atoms with Gasteiger partial charge in [0.15, 0.2) is 0 Å². The summed E-state index contributed by atoms with van der Waals surface area (Å²) >= 11 is 1.63. The maximum atomic E-state index is 12.6. The van der Waals surface area contributed by atoms with Crippen molar-refractivity contribution in [2.45, 2.75) is 38.9 Å². The molecule has 1 fully saturated rings. The summed E-state index contributed by atoms with van der Waals surface area (Å²) in [4.78, 5) is 14.5. The highest BCUT2D eigenvalue weighted by Crippen LogP contribution is 2.33. The highest BCUT2D eigenvalue weighted by Gasteiger charge is 2.47. The lowest BCUT2D eigenvalue weighted by molar-refractivity contribution is -0.132. The maximum absolute atomic E-state index is 12.6. The van der Waals surface area contributed by atoms with Gasteiger partial charge >= 0.3 is 0 Å². The first-order valence-corrected chi connectivity index (χ1v) is 9.40. The average molecular weight is 314 g/mol. The van der Waals surface area contributed by atoms with Gasteiger partial charge in [0.25, 0.3) is 0 Å². The van der Waals surface area contributed by atoms with Gasteiger partial charge in [-0.2, -0.15) is 11.3 Å². The minimum atomic E-state index is -0.845. The third-order valence-corrected chi connectivity index (χ3v) is 5.93. The van der Waals surface area contributed by atoms with Gasteiger partial charge in [0.05, 0.1) is 5.54 Å². The molecular formula is C14H22N2O2S2. The maximum Gasteiger partial charge on any atom is 0.244 e. The van der Waals surface area contributed by atoms with Crippen molar-refractivity contribution in [3.05, 3.63) is 22.4 Å². The number of amides is 1. The molecule has 3 atom stereocenters. The highest BCUT2D eigenvalue weighted by molar-refractivity contribution is 7.84. The summed E-state index contributed by atoms with van der Waals surface area (Å²) in [6, 6.07) is 2.04. The number of nitrogens with zero attached hydrogens (tertiary/aromatic N) is 1. The molecular weight excluding hydrogens is 292 g/mol. The Balaban J connectivity index is 2.19. The van der Waals surface area contributed by atoms with Gasteiger partial charge in [0.1, 0.15) is 6.17 Å². The molecule has 0 spiro atoms. The van der Waals surface area contributed by atoms with Crippen molar-refractivity contribution in [3.8, 4) is 0 Å². The second-order valence-electron chi connectivity index (χ2n) is 5.22. The second-order valence-corrected chi connectivity index (χ2v) is 7.87. The quantitative estimate of drug-likeness (QED) is 0.875. The smallest absolute Gasteiger partial charge is 0.244 e. The fourth-order valence-electron chi connectivity index (χ4n) is 2.40. The van der Waals surface area contributed by atoms with Gasteiger partial charge in [0.2, 0.25) is 5.91 Å². The predicted molar refractivity (Wildman–Crippen MR) is 84.2 cm³/mol. The van der Waals surface area contributed by atoms with E-state index < -0.39 is 16.3 Å². The van der Waals surface area contributed by atoms with E-state index in [4.69, 9.17) is 0 Å². The topological polar surface area (TPSA) is 49.4 Å². The van der Waals surface area contributed by atoms with Gasteiger partial charge in [-0.15, -0.1) is 0 Å². The number of nitrogens with one attached hydrogen (secondary N) is 1. The zero-order valence-corrected chi connectivity index (χ0v) is 13.9. The Morgan fingerprint density at radius 2 is 2.25 bits per heavy atom. The lowest BCUT2D eigenvalue weighted by Gasteiger charge is -2.23. The number of rotatable bonds is 6. The molecule has 0 aliphatic carbocycles. The van der Waals surface area contributed by atoms with Gasteiger partial charge in [-0.3, -0.25) is 14.3 Å². The van der Waals surface area contributed by atoms with Crippen molar-refractivity contribution in [3.63, 3.8) is 0 Å². The van der Waals surface area contributed by atoms with Crippen LogP contribution >= 0.6 is 11.3 Å². The number of hydrogen-bond donors (Lipinski definition) is 1. The molecule has 1 amide bonds. The summed E-state index contributed by atoms with van der Waals surface area (Å²) in [5.74, 6) is 1.30. The normalized spacial score (nSPS) is 28.1. The van der Waals surface area contributed by atoms with Crippen LogP contribution in [0.4, 0.5) is 0 Å². The van der Waals surface area contributed by atoms with Crippen LogP contribution in [0.5, 0.6) is 0 Å². The Bertz CT molecular complexity index is 489. The van der Waals surface area contributed by atoms with Gasteiger partial charge in [-0.05, 0) is 35.7 Å². The van der Waals surface area contributed by atoms with Crippen molar-refractivity contribution in [1.82, 2.24) is 10.2 Å². The van der Waals surface area contributed by atoms with Crippen LogP contribution in [0.15, 0.2) is 16.8 Å². The number of hydrogen-bond acceptors (Lipinski definition) is 4. The van der Waals surface area contributed by atoms with Crippen molar-refractivity contribution < 1.29 is 9.00 Å². The molecule has 0 saturated carbocycles. The molecule has 2 heterocycles. The van der Waals surface area contributed by atoms with E-state index in [2.05, 4.69) is 10.7 Å². The molecule has 0 bridgehead atoms. The van der Waals surface area contributed by atoms with E-state index in [0.29, 0.717) is 18.1 Å². The lowest BCUT2D eigenvalue weighted by atomic mass is 9.99. The third kappa shape index (κ3) is 2.97. The Kier molecular flexibility index (Phi) is 4.99. The van der Waals surface area contributed by atoms with Crippen molar-refractivity contribution in [2.24, 2.45) is 0 Å². The van der Waals surface area contributed by atoms with Crippen LogP contribution in [0.2, 0.25) is 0 Å². The molecule has 20 heavy (non-hydrogen) atoms. The third-order valence-electron chi connectivity index (χ3n) is 3.95. The Hall–Kier alpha value is -0.720. The van der Waals surface area contributed by atoms with E-state index in [1.807, 2.05) is 37.1 Å². The second kappa shape index (κ2) is 6.37. The molecule has 6 heteroatoms. The van der Waals surface area contributed by atoms with E-state index in [1.54, 1.807) is 11.3 Å². The van der Waals surface area contributed by atoms with Crippen LogP contribution in [0, 0.1) is 0 Å². The van der Waals surface area contributed by atoms with Crippen LogP contribution < -0.4 is 5.32 Å². The fourth-order valence-corrected chi connectivity index (χ4v) is 3.77. The largest absolute Gasteiger partial charge is 0.320 e. The molecule has 2 rings (SSSR count). The number of thiophene rings is 1. The molecule has 1 aromatic rings. The summed E-state index contributed by atoms with van der Waals surface area (Å²) in [7, 11) is -0.845. The van der Waals surface area contributed by atoms with Crippen LogP contribution in [0.1, 0.15) is 38.9 Å². The van der Waals surface area contributed by atoms with Crippen molar-refractivity contribution >= 4 is 28.0 Å². The first-order chi connectivity index (χ1) is 9.51. The van der Waals surface area contributed by atoms with Crippen LogP contribution in [0.25, 0.3) is 0 Å². The first-order valence-electron chi connectivity index (χ1n) is 6.97. The number of carbonyl (C=O) groups is 1. The summed E-state index contributed by atoms with van der Waals surface area (Å²) in [5, 5.41) is 7.53. The zero-order chi connectivity index (χ0) is 14.8. The molecule has 1 saturated heterocycles. The van der Waals surface area contributed by atoms with Crippen LogP contribution in [0.3, 0.4) is 0 Å². The summed E-state index contributed by atoms with van der Waals surface area (Å²) in [6.07, 6.45) is 0.660. The predicted octanol–water partition coefficient (Wildman–Crippen LogP) is 2.12. The molecule has 1 aliphatic heterocycles. The molecule has 0 radical (unpaired) electrons. The van der Waals surface area contributed by atoms with Crippen molar-refractivity contribution in [2.75, 3.05) is 18.1 Å². The molecule has 4 nitrogen and oxygen atoms in total. The lowest BCUT2D eigenvalue weighted by Crippen LogP contribution is -2.43. The minimum Gasteiger partial charge on any atom is -0.320 e. The van der Waals surface area contributed by atoms with Gasteiger partial charge < -0.3 is 4.90 Å². The molecule has 112 valence electrons. The zero-order valence-electron chi connectivity index (χ0n) is 12.2. The van der Waals surface area contributed by atoms with Gasteiger partial charge in [0, 0.05) is 28.9 Å². The van der Waals surface area contributed by atoms with Gasteiger partial charge in [-0.25, -0.2) is 0 Å². The van der Waals surface area contributed by atoms with E-state index in [1.165, 1.54) is 0 Å². The molecule has 3 unspecified atom stereocenters.